The number of nitrogens with zero attached hydrogens (tertiary/aromatic N) is 4. The van der Waals surface area contributed by atoms with Crippen molar-refractivity contribution in [3.63, 3.8) is 0 Å². The summed E-state index contributed by atoms with van der Waals surface area (Å²) in [7, 11) is 0. The summed E-state index contributed by atoms with van der Waals surface area (Å²) < 4.78 is 44.4. The van der Waals surface area contributed by atoms with Gasteiger partial charge in [-0.25, -0.2) is 15.0 Å². The van der Waals surface area contributed by atoms with Gasteiger partial charge in [-0.2, -0.15) is 13.2 Å². The number of halogens is 3. The van der Waals surface area contributed by atoms with Gasteiger partial charge in [-0.3, -0.25) is 0 Å². The second-order valence-electron chi connectivity index (χ2n) is 13.2. The SMILES string of the molecule is Cc1ccccc1-c1ccc2c(c1)c1ccccc1n2-c1ccc(-c2cccc(C(F)(F)F)c2)c(-c2nc(-c3ccccc3)nc(-c3ccccc3)n2)c1. The van der Waals surface area contributed by atoms with Gasteiger partial charge in [0.25, 0.3) is 0 Å². The van der Waals surface area contributed by atoms with Gasteiger partial charge in [0.05, 0.1) is 16.6 Å². The molecule has 0 spiro atoms. The molecule has 0 aliphatic heterocycles. The summed E-state index contributed by atoms with van der Waals surface area (Å²) in [5, 5.41) is 2.18. The number of benzene rings is 7. The van der Waals surface area contributed by atoms with Gasteiger partial charge in [-0.05, 0) is 77.2 Å². The lowest BCUT2D eigenvalue weighted by Gasteiger charge is -2.16. The molecule has 4 nitrogen and oxygen atoms in total. The lowest BCUT2D eigenvalue weighted by molar-refractivity contribution is -0.137. The van der Waals surface area contributed by atoms with Crippen molar-refractivity contribution in [1.29, 1.82) is 0 Å². The van der Waals surface area contributed by atoms with E-state index in [1.54, 1.807) is 6.07 Å². The Morgan fingerprint density at radius 2 is 1.02 bits per heavy atom. The van der Waals surface area contributed by atoms with Gasteiger partial charge < -0.3 is 4.57 Å². The Bertz CT molecular complexity index is 2770. The Morgan fingerprint density at radius 3 is 1.72 bits per heavy atom. The molecule has 0 atom stereocenters. The zero-order chi connectivity index (χ0) is 36.8. The fourth-order valence-corrected chi connectivity index (χ4v) is 7.22. The molecule has 54 heavy (non-hydrogen) atoms. The molecule has 0 N–H and O–H groups in total. The van der Waals surface area contributed by atoms with Gasteiger partial charge >= 0.3 is 6.18 Å². The van der Waals surface area contributed by atoms with E-state index in [-0.39, 0.29) is 0 Å². The summed E-state index contributed by atoms with van der Waals surface area (Å²) in [5.74, 6) is 1.26. The third-order valence-corrected chi connectivity index (χ3v) is 9.83. The number of para-hydroxylation sites is 1. The Labute approximate surface area is 309 Å². The van der Waals surface area contributed by atoms with E-state index in [9.17, 15) is 13.2 Å². The van der Waals surface area contributed by atoms with Gasteiger partial charge in [0, 0.05) is 33.2 Å². The molecule has 2 aromatic heterocycles. The first-order valence-corrected chi connectivity index (χ1v) is 17.6. The van der Waals surface area contributed by atoms with Gasteiger partial charge in [-0.15, -0.1) is 0 Å². The highest BCUT2D eigenvalue weighted by atomic mass is 19.4. The fraction of sp³-hybridized carbons (Fsp3) is 0.0426. The first-order chi connectivity index (χ1) is 26.3. The number of hydrogen-bond donors (Lipinski definition) is 0. The van der Waals surface area contributed by atoms with Crippen molar-refractivity contribution >= 4 is 21.8 Å². The molecule has 0 amide bonds. The molecule has 2 heterocycles. The smallest absolute Gasteiger partial charge is 0.309 e. The third kappa shape index (κ3) is 5.99. The Balaban J connectivity index is 1.31. The topological polar surface area (TPSA) is 43.6 Å². The first-order valence-electron chi connectivity index (χ1n) is 17.6. The van der Waals surface area contributed by atoms with E-state index in [1.807, 2.05) is 97.1 Å². The summed E-state index contributed by atoms with van der Waals surface area (Å²) in [6.45, 7) is 2.11. The fourth-order valence-electron chi connectivity index (χ4n) is 7.22. The van der Waals surface area contributed by atoms with Crippen molar-refractivity contribution < 1.29 is 13.2 Å². The molecular formula is C47H31F3N4. The average Bonchev–Trinajstić information content (AvgIpc) is 3.55. The highest BCUT2D eigenvalue weighted by molar-refractivity contribution is 6.10. The monoisotopic (exact) mass is 708 g/mol. The van der Waals surface area contributed by atoms with E-state index in [0.29, 0.717) is 34.2 Å². The van der Waals surface area contributed by atoms with Gasteiger partial charge in [0.1, 0.15) is 0 Å². The minimum absolute atomic E-state index is 0.347. The summed E-state index contributed by atoms with van der Waals surface area (Å²) in [6, 6.07) is 53.6. The number of hydrogen-bond acceptors (Lipinski definition) is 3. The van der Waals surface area contributed by atoms with Crippen LogP contribution in [0.15, 0.2) is 170 Å². The largest absolute Gasteiger partial charge is 0.416 e. The maximum atomic E-state index is 14.1. The van der Waals surface area contributed by atoms with Crippen LogP contribution >= 0.6 is 0 Å². The molecule has 7 aromatic carbocycles. The quantitative estimate of drug-likeness (QED) is 0.173. The molecule has 0 radical (unpaired) electrons. The van der Waals surface area contributed by atoms with E-state index in [4.69, 9.17) is 15.0 Å². The third-order valence-electron chi connectivity index (χ3n) is 9.83. The van der Waals surface area contributed by atoms with Crippen molar-refractivity contribution in [3.8, 4) is 62.1 Å². The molecule has 0 saturated heterocycles. The Morgan fingerprint density at radius 1 is 0.426 bits per heavy atom. The molecule has 0 aliphatic carbocycles. The highest BCUT2D eigenvalue weighted by Gasteiger charge is 2.31. The minimum atomic E-state index is -4.51. The minimum Gasteiger partial charge on any atom is -0.309 e. The molecule has 0 bridgehead atoms. The summed E-state index contributed by atoms with van der Waals surface area (Å²) in [5.41, 5.74) is 8.70. The van der Waals surface area contributed by atoms with E-state index in [1.165, 1.54) is 23.3 Å². The van der Waals surface area contributed by atoms with Crippen LogP contribution in [0.3, 0.4) is 0 Å². The molecule has 260 valence electrons. The molecule has 0 aliphatic rings. The zero-order valence-electron chi connectivity index (χ0n) is 29.1. The molecule has 9 rings (SSSR count). The summed E-state index contributed by atoms with van der Waals surface area (Å²) >= 11 is 0. The van der Waals surface area contributed by atoms with Crippen LogP contribution in [-0.4, -0.2) is 19.5 Å². The second kappa shape index (κ2) is 13.3. The lowest BCUT2D eigenvalue weighted by Crippen LogP contribution is -2.05. The number of aryl methyl sites for hydroxylation is 1. The van der Waals surface area contributed by atoms with Crippen molar-refractivity contribution in [2.45, 2.75) is 13.1 Å². The number of aromatic nitrogens is 4. The van der Waals surface area contributed by atoms with E-state index < -0.39 is 11.7 Å². The Kier molecular flexibility index (Phi) is 8.12. The van der Waals surface area contributed by atoms with Crippen LogP contribution in [0.25, 0.3) is 83.9 Å². The van der Waals surface area contributed by atoms with Crippen molar-refractivity contribution in [2.24, 2.45) is 0 Å². The second-order valence-corrected chi connectivity index (χ2v) is 13.2. The zero-order valence-corrected chi connectivity index (χ0v) is 29.1. The van der Waals surface area contributed by atoms with Crippen LogP contribution in [0.2, 0.25) is 0 Å². The van der Waals surface area contributed by atoms with Crippen LogP contribution in [0.1, 0.15) is 11.1 Å². The molecule has 0 saturated carbocycles. The van der Waals surface area contributed by atoms with Crippen LogP contribution in [0.4, 0.5) is 13.2 Å². The number of fused-ring (bicyclic) bond motifs is 3. The predicted molar refractivity (Wildman–Crippen MR) is 211 cm³/mol. The van der Waals surface area contributed by atoms with Crippen molar-refractivity contribution in [1.82, 2.24) is 19.5 Å². The number of rotatable bonds is 6. The van der Waals surface area contributed by atoms with E-state index >= 15 is 0 Å². The van der Waals surface area contributed by atoms with Crippen molar-refractivity contribution in [3.05, 3.63) is 181 Å². The maximum Gasteiger partial charge on any atom is 0.416 e. The van der Waals surface area contributed by atoms with E-state index in [0.717, 1.165) is 50.2 Å². The summed E-state index contributed by atoms with van der Waals surface area (Å²) in [6.07, 6.45) is -4.51. The average molecular weight is 709 g/mol. The summed E-state index contributed by atoms with van der Waals surface area (Å²) in [4.78, 5) is 14.9. The highest BCUT2D eigenvalue weighted by Crippen LogP contribution is 2.40. The number of alkyl halides is 3. The molecular weight excluding hydrogens is 678 g/mol. The van der Waals surface area contributed by atoms with Gasteiger partial charge in [-0.1, -0.05) is 127 Å². The predicted octanol–water partition coefficient (Wildman–Crippen LogP) is 12.6. The van der Waals surface area contributed by atoms with Gasteiger partial charge in [0.15, 0.2) is 17.5 Å². The van der Waals surface area contributed by atoms with Crippen LogP contribution in [0.5, 0.6) is 0 Å². The van der Waals surface area contributed by atoms with Crippen LogP contribution in [-0.2, 0) is 6.18 Å². The van der Waals surface area contributed by atoms with E-state index in [2.05, 4.69) is 60.0 Å². The standard InChI is InChI=1S/C47H31F3N4/c1-30-13-8-9-20-37(30)34-23-26-43-40(28-34)39-21-10-11-22-42(39)54(43)36-24-25-38(33-18-12-19-35(27-33)47(48,49)50)41(29-36)46-52-44(31-14-4-2-5-15-31)51-45(53-46)32-16-6-3-7-17-32/h2-29H,1H3. The molecule has 0 unspecified atom stereocenters. The molecule has 7 heteroatoms. The maximum absolute atomic E-state index is 14.1. The van der Waals surface area contributed by atoms with Crippen LogP contribution in [0, 0.1) is 6.92 Å². The molecule has 9 aromatic rings. The normalized spacial score (nSPS) is 11.7. The lowest BCUT2D eigenvalue weighted by atomic mass is 9.96. The first kappa shape index (κ1) is 33.0. The van der Waals surface area contributed by atoms with Crippen molar-refractivity contribution in [2.75, 3.05) is 0 Å². The molecule has 0 fully saturated rings. The van der Waals surface area contributed by atoms with Gasteiger partial charge in [0.2, 0.25) is 0 Å². The van der Waals surface area contributed by atoms with Crippen LogP contribution < -0.4 is 0 Å². The Hall–Kier alpha value is -6.86.